The van der Waals surface area contributed by atoms with Crippen molar-refractivity contribution in [1.82, 2.24) is 14.8 Å². The minimum absolute atomic E-state index is 0.655. The van der Waals surface area contributed by atoms with E-state index >= 15 is 0 Å². The number of nitrogens with one attached hydrogen (secondary N) is 1. The molecule has 2 aliphatic heterocycles. The van der Waals surface area contributed by atoms with Gasteiger partial charge < -0.3 is 19.4 Å². The first-order valence-electron chi connectivity index (χ1n) is 13.3. The fourth-order valence-electron chi connectivity index (χ4n) is 6.27. The van der Waals surface area contributed by atoms with Crippen molar-refractivity contribution in [2.24, 2.45) is 5.92 Å². The molecule has 2 fully saturated rings. The molecule has 5 nitrogen and oxygen atoms in total. The van der Waals surface area contributed by atoms with E-state index in [0.29, 0.717) is 5.92 Å². The molecule has 0 radical (unpaired) electrons. The minimum Gasteiger partial charge on any atom is -0.493 e. The van der Waals surface area contributed by atoms with Crippen LogP contribution in [0.25, 0.3) is 22.2 Å². The Bertz CT molecular complexity index is 1160. The van der Waals surface area contributed by atoms with Crippen LogP contribution < -0.4 is 9.47 Å². The number of nitrogens with zero attached hydrogens (tertiary/aromatic N) is 2. The zero-order valence-electron chi connectivity index (χ0n) is 22.1. The molecule has 0 amide bonds. The summed E-state index contributed by atoms with van der Waals surface area (Å²) < 4.78 is 11.0. The molecule has 3 aromatic rings. The monoisotopic (exact) mass is 475 g/mol. The van der Waals surface area contributed by atoms with Crippen LogP contribution in [-0.4, -0.2) is 67.8 Å². The molecule has 35 heavy (non-hydrogen) atoms. The Kier molecular flexibility index (Phi) is 7.08. The van der Waals surface area contributed by atoms with Crippen LogP contribution in [0.2, 0.25) is 0 Å². The zero-order valence-corrected chi connectivity index (χ0v) is 22.1. The molecule has 0 aliphatic carbocycles. The van der Waals surface area contributed by atoms with Crippen LogP contribution in [0.5, 0.6) is 11.5 Å². The van der Waals surface area contributed by atoms with E-state index in [2.05, 4.69) is 65.9 Å². The normalized spacial score (nSPS) is 20.2. The average molecular weight is 476 g/mol. The highest BCUT2D eigenvalue weighted by Crippen LogP contribution is 2.38. The van der Waals surface area contributed by atoms with E-state index in [0.717, 1.165) is 34.7 Å². The van der Waals surface area contributed by atoms with Crippen LogP contribution in [0.3, 0.4) is 0 Å². The van der Waals surface area contributed by atoms with Gasteiger partial charge in [-0.3, -0.25) is 4.90 Å². The van der Waals surface area contributed by atoms with Crippen molar-refractivity contribution in [3.63, 3.8) is 0 Å². The second kappa shape index (κ2) is 10.2. The van der Waals surface area contributed by atoms with Gasteiger partial charge in [0, 0.05) is 41.3 Å². The molecule has 0 spiro atoms. The number of hydrogen-bond donors (Lipinski definition) is 1. The van der Waals surface area contributed by atoms with Crippen LogP contribution in [0.1, 0.15) is 50.2 Å². The summed E-state index contributed by atoms with van der Waals surface area (Å²) in [6.07, 6.45) is 3.86. The van der Waals surface area contributed by atoms with Crippen molar-refractivity contribution in [3.05, 3.63) is 47.5 Å². The van der Waals surface area contributed by atoms with E-state index in [1.807, 2.05) is 6.07 Å². The highest BCUT2D eigenvalue weighted by atomic mass is 16.5. The predicted octanol–water partition coefficient (Wildman–Crippen LogP) is 6.07. The van der Waals surface area contributed by atoms with Gasteiger partial charge in [0.05, 0.1) is 14.2 Å². The largest absolute Gasteiger partial charge is 0.493 e. The molecule has 2 aromatic carbocycles. The van der Waals surface area contributed by atoms with Crippen molar-refractivity contribution in [2.45, 2.75) is 52.0 Å². The highest BCUT2D eigenvalue weighted by molar-refractivity contribution is 5.91. The van der Waals surface area contributed by atoms with Gasteiger partial charge >= 0.3 is 0 Å². The molecule has 0 bridgehead atoms. The summed E-state index contributed by atoms with van der Waals surface area (Å²) in [6, 6.07) is 13.9. The van der Waals surface area contributed by atoms with Gasteiger partial charge in [0.1, 0.15) is 0 Å². The SMILES string of the molecule is COc1ccc(-c2[nH]c3ccc(C4CCN(C5CCN(CC(C)C)C5)CC4)cc3c2C)cc1OC. The number of benzene rings is 2. The molecule has 5 heteroatoms. The van der Waals surface area contributed by atoms with Crippen molar-refractivity contribution >= 4 is 10.9 Å². The first kappa shape index (κ1) is 24.2. The van der Waals surface area contributed by atoms with Crippen molar-refractivity contribution in [2.75, 3.05) is 46.9 Å². The summed E-state index contributed by atoms with van der Waals surface area (Å²) in [6.45, 7) is 13.1. The highest BCUT2D eigenvalue weighted by Gasteiger charge is 2.31. The number of ether oxygens (including phenoxy) is 2. The van der Waals surface area contributed by atoms with Crippen molar-refractivity contribution < 1.29 is 9.47 Å². The molecule has 1 unspecified atom stereocenters. The van der Waals surface area contributed by atoms with Gasteiger partial charge in [-0.15, -0.1) is 0 Å². The number of hydrogen-bond acceptors (Lipinski definition) is 4. The lowest BCUT2D eigenvalue weighted by Gasteiger charge is -2.36. The minimum atomic E-state index is 0.655. The van der Waals surface area contributed by atoms with E-state index in [1.165, 1.54) is 74.0 Å². The summed E-state index contributed by atoms with van der Waals surface area (Å²) in [5, 5.41) is 1.33. The molecule has 188 valence electrons. The number of fused-ring (bicyclic) bond motifs is 1. The quantitative estimate of drug-likeness (QED) is 0.450. The maximum atomic E-state index is 5.53. The van der Waals surface area contributed by atoms with Gasteiger partial charge in [-0.05, 0) is 99.1 Å². The van der Waals surface area contributed by atoms with E-state index < -0.39 is 0 Å². The number of H-pyrrole nitrogens is 1. The van der Waals surface area contributed by atoms with Crippen LogP contribution in [0, 0.1) is 12.8 Å². The van der Waals surface area contributed by atoms with E-state index in [-0.39, 0.29) is 0 Å². The number of piperidine rings is 1. The van der Waals surface area contributed by atoms with Crippen LogP contribution >= 0.6 is 0 Å². The first-order chi connectivity index (χ1) is 17.0. The van der Waals surface area contributed by atoms with Gasteiger partial charge in [0.15, 0.2) is 11.5 Å². The van der Waals surface area contributed by atoms with Gasteiger partial charge in [-0.1, -0.05) is 19.9 Å². The van der Waals surface area contributed by atoms with Gasteiger partial charge in [-0.2, -0.15) is 0 Å². The molecule has 2 saturated heterocycles. The third kappa shape index (κ3) is 4.94. The molecule has 1 N–H and O–H groups in total. The summed E-state index contributed by atoms with van der Waals surface area (Å²) >= 11 is 0. The van der Waals surface area contributed by atoms with Gasteiger partial charge in [-0.25, -0.2) is 0 Å². The fraction of sp³-hybridized carbons (Fsp3) is 0.533. The van der Waals surface area contributed by atoms with Crippen LogP contribution in [0.15, 0.2) is 36.4 Å². The molecule has 2 aliphatic rings. The maximum absolute atomic E-state index is 5.53. The third-order valence-electron chi connectivity index (χ3n) is 8.14. The molecule has 1 aromatic heterocycles. The number of aromatic amines is 1. The lowest BCUT2D eigenvalue weighted by Crippen LogP contribution is -2.42. The molecule has 0 saturated carbocycles. The van der Waals surface area contributed by atoms with Crippen molar-refractivity contribution in [3.8, 4) is 22.8 Å². The van der Waals surface area contributed by atoms with Gasteiger partial charge in [0.25, 0.3) is 0 Å². The van der Waals surface area contributed by atoms with E-state index in [9.17, 15) is 0 Å². The molecule has 5 rings (SSSR count). The summed E-state index contributed by atoms with van der Waals surface area (Å²) in [7, 11) is 3.36. The summed E-state index contributed by atoms with van der Waals surface area (Å²) in [5.74, 6) is 2.93. The Labute approximate surface area is 210 Å². The van der Waals surface area contributed by atoms with E-state index in [4.69, 9.17) is 9.47 Å². The summed E-state index contributed by atoms with van der Waals surface area (Å²) in [4.78, 5) is 9.09. The predicted molar refractivity (Wildman–Crippen MR) is 145 cm³/mol. The molecule has 1 atom stereocenters. The van der Waals surface area contributed by atoms with Crippen molar-refractivity contribution in [1.29, 1.82) is 0 Å². The molecule has 3 heterocycles. The zero-order chi connectivity index (χ0) is 24.5. The smallest absolute Gasteiger partial charge is 0.161 e. The Morgan fingerprint density at radius 2 is 1.71 bits per heavy atom. The molecular formula is C30H41N3O2. The average Bonchev–Trinajstić information content (AvgIpc) is 3.47. The number of aromatic nitrogens is 1. The maximum Gasteiger partial charge on any atom is 0.161 e. The first-order valence-corrected chi connectivity index (χ1v) is 13.3. The second-order valence-corrected chi connectivity index (χ2v) is 10.9. The lowest BCUT2D eigenvalue weighted by molar-refractivity contribution is 0.149. The number of likely N-dealkylation sites (tertiary alicyclic amines) is 2. The number of aryl methyl sites for hydroxylation is 1. The number of methoxy groups -OCH3 is 2. The topological polar surface area (TPSA) is 40.7 Å². The summed E-state index contributed by atoms with van der Waals surface area (Å²) in [5.41, 5.74) is 6.26. The molecular weight excluding hydrogens is 434 g/mol. The van der Waals surface area contributed by atoms with Gasteiger partial charge in [0.2, 0.25) is 0 Å². The van der Waals surface area contributed by atoms with Crippen LogP contribution in [-0.2, 0) is 0 Å². The second-order valence-electron chi connectivity index (χ2n) is 10.9. The Morgan fingerprint density at radius 3 is 2.43 bits per heavy atom. The number of rotatable bonds is 7. The lowest BCUT2D eigenvalue weighted by atomic mass is 9.88. The van der Waals surface area contributed by atoms with E-state index in [1.54, 1.807) is 14.2 Å². The Hall–Kier alpha value is -2.50. The Morgan fingerprint density at radius 1 is 0.943 bits per heavy atom. The standard InChI is InChI=1S/C30H41N3O2/c1-20(2)18-32-13-12-25(19-32)33-14-10-22(11-15-33)23-6-8-27-26(16-23)21(3)30(31-27)24-7-9-28(34-4)29(17-24)35-5/h6-9,16-17,20,22,25,31H,10-15,18-19H2,1-5H3. The Balaban J connectivity index is 1.29. The van der Waals surface area contributed by atoms with Crippen LogP contribution in [0.4, 0.5) is 0 Å². The third-order valence-corrected chi connectivity index (χ3v) is 8.14. The fourth-order valence-corrected chi connectivity index (χ4v) is 6.27.